The molecule has 2 amide bonds. The minimum Gasteiger partial charge on any atom is -0.326 e. The molecule has 0 heterocycles. The van der Waals surface area contributed by atoms with E-state index in [-0.39, 0.29) is 27.3 Å². The number of sulfone groups is 1. The van der Waals surface area contributed by atoms with Crippen molar-refractivity contribution in [2.24, 2.45) is 5.92 Å². The summed E-state index contributed by atoms with van der Waals surface area (Å²) >= 11 is 6.30. The SMILES string of the molecule is CS(=O)(=O)c1cccc(C(=O)Nc2ccc(NC(=O)C3CCCCCC3)cc2Cl)c1. The van der Waals surface area contributed by atoms with E-state index in [0.29, 0.717) is 11.4 Å². The Morgan fingerprint density at radius 3 is 2.30 bits per heavy atom. The van der Waals surface area contributed by atoms with Crippen LogP contribution in [0.5, 0.6) is 0 Å². The number of carbonyl (C=O) groups excluding carboxylic acids is 2. The molecule has 1 fully saturated rings. The molecule has 3 rings (SSSR count). The zero-order chi connectivity index (χ0) is 21.7. The highest BCUT2D eigenvalue weighted by molar-refractivity contribution is 7.90. The van der Waals surface area contributed by atoms with Gasteiger partial charge in [0.05, 0.1) is 15.6 Å². The van der Waals surface area contributed by atoms with Crippen molar-refractivity contribution in [3.05, 3.63) is 53.1 Å². The van der Waals surface area contributed by atoms with Gasteiger partial charge in [-0.1, -0.05) is 43.4 Å². The van der Waals surface area contributed by atoms with Crippen LogP contribution >= 0.6 is 11.6 Å². The topological polar surface area (TPSA) is 92.3 Å². The first-order chi connectivity index (χ1) is 14.2. The molecule has 2 aromatic carbocycles. The van der Waals surface area contributed by atoms with Crippen LogP contribution in [-0.4, -0.2) is 26.5 Å². The van der Waals surface area contributed by atoms with Gasteiger partial charge in [-0.25, -0.2) is 8.42 Å². The van der Waals surface area contributed by atoms with Gasteiger partial charge in [-0.05, 0) is 49.2 Å². The predicted octanol–water partition coefficient (Wildman–Crippen LogP) is 4.90. The average molecular weight is 449 g/mol. The van der Waals surface area contributed by atoms with E-state index in [1.54, 1.807) is 18.2 Å². The van der Waals surface area contributed by atoms with Crippen LogP contribution in [0, 0.1) is 5.92 Å². The minimum atomic E-state index is -3.42. The quantitative estimate of drug-likeness (QED) is 0.636. The molecule has 0 saturated heterocycles. The third-order valence-electron chi connectivity index (χ3n) is 5.24. The van der Waals surface area contributed by atoms with Crippen molar-refractivity contribution in [1.29, 1.82) is 0 Å². The third-order valence-corrected chi connectivity index (χ3v) is 6.66. The maximum atomic E-state index is 12.5. The molecule has 0 atom stereocenters. The van der Waals surface area contributed by atoms with Gasteiger partial charge in [0.1, 0.15) is 0 Å². The summed E-state index contributed by atoms with van der Waals surface area (Å²) in [6.45, 7) is 0. The Morgan fingerprint density at radius 2 is 1.67 bits per heavy atom. The number of amides is 2. The molecular formula is C22H25ClN2O4S. The lowest BCUT2D eigenvalue weighted by Crippen LogP contribution is -2.22. The van der Waals surface area contributed by atoms with Crippen LogP contribution in [0.15, 0.2) is 47.4 Å². The first-order valence-electron chi connectivity index (χ1n) is 9.96. The molecule has 30 heavy (non-hydrogen) atoms. The third kappa shape index (κ3) is 5.83. The van der Waals surface area contributed by atoms with E-state index >= 15 is 0 Å². The highest BCUT2D eigenvalue weighted by atomic mass is 35.5. The first kappa shape index (κ1) is 22.3. The Kier molecular flexibility index (Phi) is 7.15. The molecule has 6 nitrogen and oxygen atoms in total. The summed E-state index contributed by atoms with van der Waals surface area (Å²) in [5, 5.41) is 5.87. The fourth-order valence-corrected chi connectivity index (χ4v) is 4.44. The van der Waals surface area contributed by atoms with Crippen molar-refractivity contribution in [3.8, 4) is 0 Å². The molecule has 1 saturated carbocycles. The van der Waals surface area contributed by atoms with Gasteiger partial charge in [-0.2, -0.15) is 0 Å². The number of halogens is 1. The number of benzene rings is 2. The number of carbonyl (C=O) groups is 2. The molecular weight excluding hydrogens is 424 g/mol. The summed E-state index contributed by atoms with van der Waals surface area (Å²) in [4.78, 5) is 25.1. The number of hydrogen-bond donors (Lipinski definition) is 2. The maximum Gasteiger partial charge on any atom is 0.255 e. The number of nitrogens with one attached hydrogen (secondary N) is 2. The van der Waals surface area contributed by atoms with E-state index in [2.05, 4.69) is 10.6 Å². The summed E-state index contributed by atoms with van der Waals surface area (Å²) in [6, 6.07) is 10.7. The van der Waals surface area contributed by atoms with Gasteiger partial charge >= 0.3 is 0 Å². The number of rotatable bonds is 5. The van der Waals surface area contributed by atoms with E-state index in [9.17, 15) is 18.0 Å². The van der Waals surface area contributed by atoms with Gasteiger partial charge < -0.3 is 10.6 Å². The van der Waals surface area contributed by atoms with Crippen molar-refractivity contribution in [1.82, 2.24) is 0 Å². The van der Waals surface area contributed by atoms with Crippen molar-refractivity contribution >= 4 is 44.6 Å². The van der Waals surface area contributed by atoms with Crippen molar-refractivity contribution in [3.63, 3.8) is 0 Å². The molecule has 0 radical (unpaired) electrons. The second-order valence-electron chi connectivity index (χ2n) is 7.63. The molecule has 2 aromatic rings. The summed E-state index contributed by atoms with van der Waals surface area (Å²) in [6.07, 6.45) is 7.40. The molecule has 0 aromatic heterocycles. The lowest BCUT2D eigenvalue weighted by molar-refractivity contribution is -0.120. The molecule has 1 aliphatic rings. The zero-order valence-electron chi connectivity index (χ0n) is 16.8. The Balaban J connectivity index is 1.68. The van der Waals surface area contributed by atoms with E-state index in [4.69, 9.17) is 11.6 Å². The van der Waals surface area contributed by atoms with Crippen LogP contribution in [0.3, 0.4) is 0 Å². The van der Waals surface area contributed by atoms with Gasteiger partial charge in [0, 0.05) is 23.4 Å². The Hall–Kier alpha value is -2.38. The summed E-state index contributed by atoms with van der Waals surface area (Å²) < 4.78 is 23.4. The monoisotopic (exact) mass is 448 g/mol. The maximum absolute atomic E-state index is 12.5. The van der Waals surface area contributed by atoms with Crippen LogP contribution < -0.4 is 10.6 Å². The van der Waals surface area contributed by atoms with Crippen LogP contribution in [0.2, 0.25) is 5.02 Å². The predicted molar refractivity (Wildman–Crippen MR) is 119 cm³/mol. The van der Waals surface area contributed by atoms with Gasteiger partial charge in [0.2, 0.25) is 5.91 Å². The van der Waals surface area contributed by atoms with Crippen LogP contribution in [0.25, 0.3) is 0 Å². The van der Waals surface area contributed by atoms with Crippen molar-refractivity contribution in [2.75, 3.05) is 16.9 Å². The molecule has 0 bridgehead atoms. The van der Waals surface area contributed by atoms with E-state index in [0.717, 1.165) is 31.9 Å². The number of anilines is 2. The summed E-state index contributed by atoms with van der Waals surface area (Å²) in [5.41, 5.74) is 1.16. The number of hydrogen-bond acceptors (Lipinski definition) is 4. The minimum absolute atomic E-state index is 0.00217. The lowest BCUT2D eigenvalue weighted by Gasteiger charge is -2.15. The molecule has 160 valence electrons. The molecule has 8 heteroatoms. The fourth-order valence-electron chi connectivity index (χ4n) is 3.54. The average Bonchev–Trinajstić information content (AvgIpc) is 2.99. The Morgan fingerprint density at radius 1 is 0.967 bits per heavy atom. The summed E-state index contributed by atoms with van der Waals surface area (Å²) in [5.74, 6) is -0.451. The van der Waals surface area contributed by atoms with Crippen molar-refractivity contribution in [2.45, 2.75) is 43.4 Å². The Labute approximate surface area is 181 Å². The highest BCUT2D eigenvalue weighted by Crippen LogP contribution is 2.28. The normalized spacial score (nSPS) is 15.3. The molecule has 1 aliphatic carbocycles. The van der Waals surface area contributed by atoms with E-state index < -0.39 is 15.7 Å². The Bertz CT molecular complexity index is 1040. The molecule has 0 spiro atoms. The van der Waals surface area contributed by atoms with Gasteiger partial charge in [-0.3, -0.25) is 9.59 Å². The highest BCUT2D eigenvalue weighted by Gasteiger charge is 2.20. The largest absolute Gasteiger partial charge is 0.326 e. The summed E-state index contributed by atoms with van der Waals surface area (Å²) in [7, 11) is -3.42. The second kappa shape index (κ2) is 9.62. The lowest BCUT2D eigenvalue weighted by atomic mass is 9.99. The van der Waals surface area contributed by atoms with E-state index in [1.807, 2.05) is 0 Å². The molecule has 0 unspecified atom stereocenters. The van der Waals surface area contributed by atoms with Crippen LogP contribution in [-0.2, 0) is 14.6 Å². The van der Waals surface area contributed by atoms with Crippen LogP contribution in [0.4, 0.5) is 11.4 Å². The van der Waals surface area contributed by atoms with Crippen LogP contribution in [0.1, 0.15) is 48.9 Å². The van der Waals surface area contributed by atoms with Gasteiger partial charge in [0.25, 0.3) is 5.91 Å². The van der Waals surface area contributed by atoms with Gasteiger partial charge in [0.15, 0.2) is 9.84 Å². The van der Waals surface area contributed by atoms with Crippen molar-refractivity contribution < 1.29 is 18.0 Å². The smallest absolute Gasteiger partial charge is 0.255 e. The molecule has 2 N–H and O–H groups in total. The fraction of sp³-hybridized carbons (Fsp3) is 0.364. The first-order valence-corrected chi connectivity index (χ1v) is 12.2. The van der Waals surface area contributed by atoms with E-state index in [1.165, 1.54) is 37.1 Å². The zero-order valence-corrected chi connectivity index (χ0v) is 18.4. The second-order valence-corrected chi connectivity index (χ2v) is 10.0. The van der Waals surface area contributed by atoms with Gasteiger partial charge in [-0.15, -0.1) is 0 Å². The molecule has 0 aliphatic heterocycles. The standard InChI is InChI=1S/C22H25ClN2O4S/c1-30(28,29)18-10-6-9-16(13-18)22(27)25-20-12-11-17(14-19(20)23)24-21(26)15-7-4-2-3-5-8-15/h6,9-15H,2-5,7-8H2,1H3,(H,24,26)(H,25,27).